The summed E-state index contributed by atoms with van der Waals surface area (Å²) in [6, 6.07) is 0. The van der Waals surface area contributed by atoms with Crippen LogP contribution in [0.2, 0.25) is 0 Å². The van der Waals surface area contributed by atoms with E-state index in [9.17, 15) is 9.59 Å². The first-order chi connectivity index (χ1) is 9.18. The standard InChI is InChI=1S/C15H26N2O2/c1-13(18)16-11-7-14(8-12-16)15(19)17-9-5-3-2-4-6-10-17/h14H,2-12H2,1H3. The summed E-state index contributed by atoms with van der Waals surface area (Å²) < 4.78 is 0. The smallest absolute Gasteiger partial charge is 0.225 e. The second kappa shape index (κ2) is 6.92. The van der Waals surface area contributed by atoms with Crippen LogP contribution < -0.4 is 0 Å². The van der Waals surface area contributed by atoms with Crippen LogP contribution in [-0.2, 0) is 9.59 Å². The van der Waals surface area contributed by atoms with E-state index in [0.29, 0.717) is 5.91 Å². The van der Waals surface area contributed by atoms with Gasteiger partial charge in [0.1, 0.15) is 0 Å². The number of piperidine rings is 1. The monoisotopic (exact) mass is 266 g/mol. The van der Waals surface area contributed by atoms with Gasteiger partial charge in [0.25, 0.3) is 0 Å². The Balaban J connectivity index is 1.84. The van der Waals surface area contributed by atoms with Gasteiger partial charge in [-0.05, 0) is 25.7 Å². The maximum absolute atomic E-state index is 12.5. The van der Waals surface area contributed by atoms with Crippen molar-refractivity contribution in [2.24, 2.45) is 5.92 Å². The Kier molecular flexibility index (Phi) is 5.23. The van der Waals surface area contributed by atoms with E-state index in [1.165, 1.54) is 19.3 Å². The van der Waals surface area contributed by atoms with Crippen LogP contribution in [0.1, 0.15) is 51.9 Å². The van der Waals surface area contributed by atoms with Gasteiger partial charge in [0.05, 0.1) is 0 Å². The molecule has 0 N–H and O–H groups in total. The molecule has 4 heteroatoms. The molecule has 0 aliphatic carbocycles. The molecule has 0 aromatic rings. The Bertz CT molecular complexity index is 314. The van der Waals surface area contributed by atoms with Gasteiger partial charge >= 0.3 is 0 Å². The molecule has 0 radical (unpaired) electrons. The molecule has 2 aliphatic rings. The first-order valence-electron chi connectivity index (χ1n) is 7.73. The van der Waals surface area contributed by atoms with Gasteiger partial charge < -0.3 is 9.80 Å². The van der Waals surface area contributed by atoms with Gasteiger partial charge in [-0.25, -0.2) is 0 Å². The summed E-state index contributed by atoms with van der Waals surface area (Å²) in [5.74, 6) is 0.622. The molecule has 2 fully saturated rings. The number of likely N-dealkylation sites (tertiary alicyclic amines) is 2. The quantitative estimate of drug-likeness (QED) is 0.728. The van der Waals surface area contributed by atoms with E-state index in [1.807, 2.05) is 4.90 Å². The Morgan fingerprint density at radius 1 is 0.789 bits per heavy atom. The van der Waals surface area contributed by atoms with Gasteiger partial charge in [-0.2, -0.15) is 0 Å². The predicted molar refractivity (Wildman–Crippen MR) is 74.6 cm³/mol. The molecule has 108 valence electrons. The zero-order valence-electron chi connectivity index (χ0n) is 12.1. The Labute approximate surface area is 116 Å². The molecular formula is C15H26N2O2. The summed E-state index contributed by atoms with van der Waals surface area (Å²) in [5.41, 5.74) is 0. The van der Waals surface area contributed by atoms with Crippen LogP contribution in [-0.4, -0.2) is 47.8 Å². The van der Waals surface area contributed by atoms with E-state index in [0.717, 1.165) is 51.9 Å². The SMILES string of the molecule is CC(=O)N1CCC(C(=O)N2CCCCCCC2)CC1. The van der Waals surface area contributed by atoms with Crippen molar-refractivity contribution in [3.63, 3.8) is 0 Å². The minimum absolute atomic E-state index is 0.136. The number of hydrogen-bond donors (Lipinski definition) is 0. The van der Waals surface area contributed by atoms with Crippen LogP contribution in [0.3, 0.4) is 0 Å². The lowest BCUT2D eigenvalue weighted by molar-refractivity contribution is -0.140. The first kappa shape index (κ1) is 14.4. The van der Waals surface area contributed by atoms with Gasteiger partial charge in [0.15, 0.2) is 0 Å². The highest BCUT2D eigenvalue weighted by atomic mass is 16.2. The molecule has 2 saturated heterocycles. The average Bonchev–Trinajstić information content (AvgIpc) is 2.38. The third-order valence-corrected chi connectivity index (χ3v) is 4.46. The van der Waals surface area contributed by atoms with Crippen LogP contribution >= 0.6 is 0 Å². The molecule has 2 amide bonds. The molecule has 4 nitrogen and oxygen atoms in total. The minimum atomic E-state index is 0.136. The molecule has 2 heterocycles. The molecule has 0 aromatic heterocycles. The van der Waals surface area contributed by atoms with Gasteiger partial charge in [0.2, 0.25) is 11.8 Å². The summed E-state index contributed by atoms with van der Waals surface area (Å²) >= 11 is 0. The lowest BCUT2D eigenvalue weighted by atomic mass is 9.94. The van der Waals surface area contributed by atoms with E-state index in [4.69, 9.17) is 0 Å². The largest absolute Gasteiger partial charge is 0.343 e. The molecule has 2 aliphatic heterocycles. The van der Waals surface area contributed by atoms with Gasteiger partial charge in [-0.3, -0.25) is 9.59 Å². The topological polar surface area (TPSA) is 40.6 Å². The first-order valence-corrected chi connectivity index (χ1v) is 7.73. The average molecular weight is 266 g/mol. The van der Waals surface area contributed by atoms with Crippen molar-refractivity contribution in [2.75, 3.05) is 26.2 Å². The lowest BCUT2D eigenvalue weighted by Gasteiger charge is -2.34. The number of hydrogen-bond acceptors (Lipinski definition) is 2. The summed E-state index contributed by atoms with van der Waals surface area (Å²) in [4.78, 5) is 27.7. The maximum Gasteiger partial charge on any atom is 0.225 e. The van der Waals surface area contributed by atoms with Crippen molar-refractivity contribution in [3.05, 3.63) is 0 Å². The lowest BCUT2D eigenvalue weighted by Crippen LogP contribution is -2.44. The fourth-order valence-corrected chi connectivity index (χ4v) is 3.17. The molecular weight excluding hydrogens is 240 g/mol. The second-order valence-electron chi connectivity index (χ2n) is 5.87. The highest BCUT2D eigenvalue weighted by Crippen LogP contribution is 2.21. The zero-order valence-corrected chi connectivity index (χ0v) is 12.1. The maximum atomic E-state index is 12.5. The van der Waals surface area contributed by atoms with Crippen molar-refractivity contribution in [3.8, 4) is 0 Å². The second-order valence-corrected chi connectivity index (χ2v) is 5.87. The third-order valence-electron chi connectivity index (χ3n) is 4.46. The van der Waals surface area contributed by atoms with Crippen LogP contribution in [0.4, 0.5) is 0 Å². The van der Waals surface area contributed by atoms with E-state index in [1.54, 1.807) is 6.92 Å². The Hall–Kier alpha value is -1.06. The third kappa shape index (κ3) is 3.95. The minimum Gasteiger partial charge on any atom is -0.343 e. The summed E-state index contributed by atoms with van der Waals surface area (Å²) in [6.07, 6.45) is 7.82. The van der Waals surface area contributed by atoms with Gasteiger partial charge in [-0.1, -0.05) is 19.3 Å². The molecule has 0 spiro atoms. The van der Waals surface area contributed by atoms with Crippen LogP contribution in [0.25, 0.3) is 0 Å². The number of amides is 2. The molecule has 0 atom stereocenters. The summed E-state index contributed by atoms with van der Waals surface area (Å²) in [5, 5.41) is 0. The van der Waals surface area contributed by atoms with Crippen LogP contribution in [0.15, 0.2) is 0 Å². The fraction of sp³-hybridized carbons (Fsp3) is 0.867. The van der Waals surface area contributed by atoms with Crippen molar-refractivity contribution in [1.82, 2.24) is 9.80 Å². The van der Waals surface area contributed by atoms with E-state index in [2.05, 4.69) is 4.90 Å². The molecule has 0 unspecified atom stereocenters. The van der Waals surface area contributed by atoms with Crippen molar-refractivity contribution < 1.29 is 9.59 Å². The van der Waals surface area contributed by atoms with Gasteiger partial charge in [-0.15, -0.1) is 0 Å². The molecule has 0 bridgehead atoms. The molecule has 0 aromatic carbocycles. The van der Waals surface area contributed by atoms with Crippen molar-refractivity contribution in [1.29, 1.82) is 0 Å². The Morgan fingerprint density at radius 3 is 1.84 bits per heavy atom. The predicted octanol–water partition coefficient (Wildman–Crippen LogP) is 2.04. The summed E-state index contributed by atoms with van der Waals surface area (Å²) in [7, 11) is 0. The highest BCUT2D eigenvalue weighted by Gasteiger charge is 2.29. The number of carbonyl (C=O) groups excluding carboxylic acids is 2. The number of rotatable bonds is 1. The molecule has 2 rings (SSSR count). The number of nitrogens with zero attached hydrogens (tertiary/aromatic N) is 2. The number of carbonyl (C=O) groups is 2. The van der Waals surface area contributed by atoms with Gasteiger partial charge in [0, 0.05) is 39.0 Å². The normalized spacial score (nSPS) is 22.8. The fourth-order valence-electron chi connectivity index (χ4n) is 3.17. The molecule has 19 heavy (non-hydrogen) atoms. The van der Waals surface area contributed by atoms with E-state index in [-0.39, 0.29) is 11.8 Å². The zero-order chi connectivity index (χ0) is 13.7. The van der Waals surface area contributed by atoms with E-state index < -0.39 is 0 Å². The van der Waals surface area contributed by atoms with Crippen LogP contribution in [0, 0.1) is 5.92 Å². The Morgan fingerprint density at radius 2 is 1.32 bits per heavy atom. The van der Waals surface area contributed by atoms with E-state index >= 15 is 0 Å². The van der Waals surface area contributed by atoms with Crippen molar-refractivity contribution >= 4 is 11.8 Å². The summed E-state index contributed by atoms with van der Waals surface area (Å²) in [6.45, 7) is 4.98. The highest BCUT2D eigenvalue weighted by molar-refractivity contribution is 5.79. The van der Waals surface area contributed by atoms with Crippen LogP contribution in [0.5, 0.6) is 0 Å². The molecule has 0 saturated carbocycles. The van der Waals surface area contributed by atoms with Crippen molar-refractivity contribution in [2.45, 2.75) is 51.9 Å².